The molecule has 146 valence electrons. The maximum Gasteiger partial charge on any atom is 0.336 e. The number of rotatable bonds is 7. The number of likely N-dealkylation sites (N-methyl/N-ethyl adjacent to an activating group) is 1. The average Bonchev–Trinajstić information content (AvgIpc) is 2.67. The van der Waals surface area contributed by atoms with Crippen LogP contribution in [-0.2, 0) is 4.79 Å². The summed E-state index contributed by atoms with van der Waals surface area (Å²) in [6.45, 7) is 2.48. The van der Waals surface area contributed by atoms with Crippen LogP contribution in [0.15, 0.2) is 57.7 Å². The van der Waals surface area contributed by atoms with Crippen LogP contribution in [0.1, 0.15) is 5.56 Å². The zero-order valence-corrected chi connectivity index (χ0v) is 16.4. The van der Waals surface area contributed by atoms with Crippen molar-refractivity contribution in [1.82, 2.24) is 4.90 Å². The summed E-state index contributed by atoms with van der Waals surface area (Å²) in [5.41, 5.74) is 0.840. The first kappa shape index (κ1) is 19.8. The molecular formula is C21H20ClNO5. The number of hydrogen-bond acceptors (Lipinski definition) is 5. The van der Waals surface area contributed by atoms with Crippen LogP contribution in [-0.4, -0.2) is 37.6 Å². The van der Waals surface area contributed by atoms with Gasteiger partial charge in [0.1, 0.15) is 23.7 Å². The molecule has 1 amide bonds. The van der Waals surface area contributed by atoms with Crippen molar-refractivity contribution in [2.45, 2.75) is 6.92 Å². The largest absolute Gasteiger partial charge is 0.492 e. The second-order valence-corrected chi connectivity index (χ2v) is 6.75. The van der Waals surface area contributed by atoms with Crippen LogP contribution in [0.5, 0.6) is 11.5 Å². The van der Waals surface area contributed by atoms with Crippen molar-refractivity contribution in [3.8, 4) is 11.5 Å². The van der Waals surface area contributed by atoms with Gasteiger partial charge in [-0.3, -0.25) is 4.79 Å². The number of benzene rings is 2. The van der Waals surface area contributed by atoms with Gasteiger partial charge in [0.15, 0.2) is 6.61 Å². The Kier molecular flexibility index (Phi) is 6.21. The van der Waals surface area contributed by atoms with Crippen LogP contribution in [0.4, 0.5) is 0 Å². The molecule has 7 heteroatoms. The smallest absolute Gasteiger partial charge is 0.336 e. The summed E-state index contributed by atoms with van der Waals surface area (Å²) in [5, 5.41) is 1.47. The van der Waals surface area contributed by atoms with Gasteiger partial charge in [0.2, 0.25) is 0 Å². The molecule has 0 aliphatic carbocycles. The van der Waals surface area contributed by atoms with Crippen LogP contribution in [0, 0.1) is 6.92 Å². The molecule has 1 heterocycles. The minimum atomic E-state index is -0.418. The van der Waals surface area contributed by atoms with E-state index < -0.39 is 5.63 Å². The number of carbonyl (C=O) groups is 1. The fourth-order valence-corrected chi connectivity index (χ4v) is 2.73. The second kappa shape index (κ2) is 8.80. The molecule has 0 bridgehead atoms. The fraction of sp³-hybridized carbons (Fsp3) is 0.238. The molecule has 0 aliphatic heterocycles. The van der Waals surface area contributed by atoms with Gasteiger partial charge in [-0.25, -0.2) is 4.79 Å². The number of ether oxygens (including phenoxy) is 2. The Labute approximate surface area is 167 Å². The van der Waals surface area contributed by atoms with Crippen LogP contribution in [0.25, 0.3) is 11.0 Å². The number of nitrogens with zero attached hydrogens (tertiary/aromatic N) is 1. The van der Waals surface area contributed by atoms with E-state index in [0.717, 1.165) is 10.9 Å². The van der Waals surface area contributed by atoms with E-state index in [4.69, 9.17) is 25.5 Å². The average molecular weight is 402 g/mol. The monoisotopic (exact) mass is 401 g/mol. The van der Waals surface area contributed by atoms with E-state index in [0.29, 0.717) is 35.3 Å². The van der Waals surface area contributed by atoms with Crippen molar-refractivity contribution in [3.05, 3.63) is 69.5 Å². The number of carbonyl (C=O) groups excluding carboxylic acids is 1. The molecule has 3 rings (SSSR count). The topological polar surface area (TPSA) is 69.0 Å². The Hall–Kier alpha value is -2.99. The van der Waals surface area contributed by atoms with Gasteiger partial charge in [0, 0.05) is 29.6 Å². The second-order valence-electron chi connectivity index (χ2n) is 6.31. The molecule has 0 aliphatic rings. The minimum absolute atomic E-state index is 0.126. The summed E-state index contributed by atoms with van der Waals surface area (Å²) in [7, 11) is 1.68. The van der Waals surface area contributed by atoms with Gasteiger partial charge in [-0.1, -0.05) is 11.6 Å². The van der Waals surface area contributed by atoms with Crippen molar-refractivity contribution in [2.75, 3.05) is 26.8 Å². The van der Waals surface area contributed by atoms with Crippen LogP contribution in [0.2, 0.25) is 5.02 Å². The zero-order valence-electron chi connectivity index (χ0n) is 15.6. The van der Waals surface area contributed by atoms with E-state index in [1.54, 1.807) is 49.5 Å². The quantitative estimate of drug-likeness (QED) is 0.565. The highest BCUT2D eigenvalue weighted by atomic mass is 35.5. The molecule has 0 unspecified atom stereocenters. The van der Waals surface area contributed by atoms with Gasteiger partial charge in [0.05, 0.1) is 6.54 Å². The maximum atomic E-state index is 12.2. The Morgan fingerprint density at radius 3 is 2.54 bits per heavy atom. The van der Waals surface area contributed by atoms with Crippen molar-refractivity contribution in [3.63, 3.8) is 0 Å². The highest BCUT2D eigenvalue weighted by Crippen LogP contribution is 2.22. The molecule has 0 spiro atoms. The third-order valence-electron chi connectivity index (χ3n) is 4.22. The molecule has 0 fully saturated rings. The molecule has 28 heavy (non-hydrogen) atoms. The van der Waals surface area contributed by atoms with Gasteiger partial charge in [0.25, 0.3) is 5.91 Å². The Morgan fingerprint density at radius 2 is 1.79 bits per heavy atom. The van der Waals surface area contributed by atoms with E-state index in [-0.39, 0.29) is 12.5 Å². The summed E-state index contributed by atoms with van der Waals surface area (Å²) in [4.78, 5) is 25.3. The summed E-state index contributed by atoms with van der Waals surface area (Å²) < 4.78 is 16.3. The van der Waals surface area contributed by atoms with Crippen molar-refractivity contribution < 1.29 is 18.7 Å². The van der Waals surface area contributed by atoms with Gasteiger partial charge >= 0.3 is 5.63 Å². The highest BCUT2D eigenvalue weighted by Gasteiger charge is 2.11. The number of halogens is 1. The molecule has 3 aromatic rings. The summed E-state index contributed by atoms with van der Waals surface area (Å²) in [5.74, 6) is 0.959. The number of fused-ring (bicyclic) bond motifs is 1. The van der Waals surface area contributed by atoms with Gasteiger partial charge in [-0.2, -0.15) is 0 Å². The summed E-state index contributed by atoms with van der Waals surface area (Å²) in [6.07, 6.45) is 0. The van der Waals surface area contributed by atoms with Crippen LogP contribution < -0.4 is 15.1 Å². The molecule has 6 nitrogen and oxygen atoms in total. The van der Waals surface area contributed by atoms with Gasteiger partial charge < -0.3 is 18.8 Å². The highest BCUT2D eigenvalue weighted by molar-refractivity contribution is 6.30. The molecule has 0 N–H and O–H groups in total. The van der Waals surface area contributed by atoms with E-state index in [2.05, 4.69) is 0 Å². The molecule has 0 radical (unpaired) electrons. The van der Waals surface area contributed by atoms with Crippen molar-refractivity contribution in [1.29, 1.82) is 0 Å². The Bertz CT molecular complexity index is 1030. The minimum Gasteiger partial charge on any atom is -0.492 e. The van der Waals surface area contributed by atoms with Crippen LogP contribution in [0.3, 0.4) is 0 Å². The lowest BCUT2D eigenvalue weighted by Crippen LogP contribution is -2.34. The van der Waals surface area contributed by atoms with Crippen molar-refractivity contribution in [2.24, 2.45) is 0 Å². The predicted molar refractivity (Wildman–Crippen MR) is 107 cm³/mol. The van der Waals surface area contributed by atoms with E-state index in [1.165, 1.54) is 11.0 Å². The molecule has 1 aromatic heterocycles. The zero-order chi connectivity index (χ0) is 20.1. The summed E-state index contributed by atoms with van der Waals surface area (Å²) in [6, 6.07) is 13.6. The van der Waals surface area contributed by atoms with Crippen molar-refractivity contribution >= 4 is 28.5 Å². The molecule has 0 atom stereocenters. The van der Waals surface area contributed by atoms with Crippen LogP contribution >= 0.6 is 11.6 Å². The SMILES string of the molecule is Cc1cc(=O)oc2cc(OCC(=O)N(C)CCOc3ccc(Cl)cc3)ccc12. The molecular weight excluding hydrogens is 382 g/mol. The first-order valence-electron chi connectivity index (χ1n) is 8.72. The van der Waals surface area contributed by atoms with Gasteiger partial charge in [-0.05, 0) is 48.9 Å². The molecule has 2 aromatic carbocycles. The maximum absolute atomic E-state index is 12.2. The van der Waals surface area contributed by atoms with Gasteiger partial charge in [-0.15, -0.1) is 0 Å². The van der Waals surface area contributed by atoms with E-state index in [1.807, 2.05) is 6.92 Å². The first-order chi connectivity index (χ1) is 13.4. The molecule has 0 saturated heterocycles. The van der Waals surface area contributed by atoms with E-state index in [9.17, 15) is 9.59 Å². The lowest BCUT2D eigenvalue weighted by atomic mass is 10.1. The molecule has 0 saturated carbocycles. The normalized spacial score (nSPS) is 10.7. The number of hydrogen-bond donors (Lipinski definition) is 0. The number of amides is 1. The predicted octanol–water partition coefficient (Wildman–Crippen LogP) is 3.67. The lowest BCUT2D eigenvalue weighted by Gasteiger charge is -2.18. The third kappa shape index (κ3) is 5.04. The third-order valence-corrected chi connectivity index (χ3v) is 4.47. The Morgan fingerprint density at radius 1 is 1.07 bits per heavy atom. The standard InChI is InChI=1S/C21H20ClNO5/c1-14-11-21(25)28-19-12-17(7-8-18(14)19)27-13-20(24)23(2)9-10-26-16-5-3-15(22)4-6-16/h3-8,11-12H,9-10,13H2,1-2H3. The summed E-state index contributed by atoms with van der Waals surface area (Å²) >= 11 is 5.83. The fourth-order valence-electron chi connectivity index (χ4n) is 2.61. The van der Waals surface area contributed by atoms with E-state index >= 15 is 0 Å². The first-order valence-corrected chi connectivity index (χ1v) is 9.10. The number of aryl methyl sites for hydroxylation is 1. The Balaban J connectivity index is 1.51. The lowest BCUT2D eigenvalue weighted by molar-refractivity contribution is -0.132.